The second kappa shape index (κ2) is 18.9. The first-order valence-corrected chi connectivity index (χ1v) is 8.19. The quantitative estimate of drug-likeness (QED) is 0.528. The van der Waals surface area contributed by atoms with E-state index in [1.165, 1.54) is 23.8 Å². The molecule has 0 radical (unpaired) electrons. The Morgan fingerprint density at radius 2 is 1.52 bits per heavy atom. The van der Waals surface area contributed by atoms with Crippen LogP contribution in [0.1, 0.15) is 67.7 Å². The van der Waals surface area contributed by atoms with Crippen LogP contribution in [0.2, 0.25) is 0 Å². The predicted molar refractivity (Wildman–Crippen MR) is 96.4 cm³/mol. The first-order valence-electron chi connectivity index (χ1n) is 8.19. The van der Waals surface area contributed by atoms with Crippen LogP contribution in [0.25, 0.3) is 0 Å². The monoisotopic (exact) mass is 298 g/mol. The van der Waals surface area contributed by atoms with Gasteiger partial charge in [0.25, 0.3) is 0 Å². The lowest BCUT2D eigenvalue weighted by molar-refractivity contribution is -0.117. The number of likely N-dealkylation sites (N-methyl/N-ethyl adjacent to an activating group) is 1. The van der Waals surface area contributed by atoms with E-state index in [9.17, 15) is 4.79 Å². The molecule has 0 aromatic heterocycles. The number of rotatable bonds is 8. The van der Waals surface area contributed by atoms with Gasteiger partial charge in [-0.2, -0.15) is 0 Å². The first-order chi connectivity index (χ1) is 10.1. The highest BCUT2D eigenvalue weighted by Crippen LogP contribution is 2.15. The fraction of sp³-hybridized carbons (Fsp3) is 0.722. The highest BCUT2D eigenvalue weighted by atomic mass is 16.1. The number of carbonyl (C=O) groups excluding carboxylic acids is 1. The predicted octanol–water partition coefficient (Wildman–Crippen LogP) is 4.54. The maximum absolute atomic E-state index is 10.8. The van der Waals surface area contributed by atoms with Gasteiger partial charge in [-0.25, -0.2) is 0 Å². The van der Waals surface area contributed by atoms with Crippen molar-refractivity contribution in [3.63, 3.8) is 0 Å². The standard InChI is InChI=1S/C15H27NO.C2H6.CH5N/c1-6-14(7-2)9-10-15(13(4)5)11-16(8-3)12-17;2*1-2/h9,12H,6-8,10-11H2,1-5H3;1-2H3;2H2,1H3. The molecule has 0 unspecified atom stereocenters. The number of nitrogens with two attached hydrogens (primary N) is 1. The molecule has 0 saturated carbocycles. The molecule has 0 heterocycles. The molecule has 0 rings (SSSR count). The Morgan fingerprint density at radius 3 is 1.81 bits per heavy atom. The maximum Gasteiger partial charge on any atom is 0.209 e. The zero-order valence-corrected chi connectivity index (χ0v) is 15.6. The summed E-state index contributed by atoms with van der Waals surface area (Å²) in [5, 5.41) is 0. The summed E-state index contributed by atoms with van der Waals surface area (Å²) in [5.74, 6) is 0. The third kappa shape index (κ3) is 13.6. The number of hydrogen-bond acceptors (Lipinski definition) is 2. The van der Waals surface area contributed by atoms with Crippen LogP contribution in [0.5, 0.6) is 0 Å². The van der Waals surface area contributed by atoms with Crippen LogP contribution >= 0.6 is 0 Å². The van der Waals surface area contributed by atoms with Crippen molar-refractivity contribution < 1.29 is 4.79 Å². The first kappa shape index (κ1) is 24.9. The molecule has 3 heteroatoms. The van der Waals surface area contributed by atoms with E-state index in [0.717, 1.165) is 38.8 Å². The number of hydrogen-bond donors (Lipinski definition) is 1. The van der Waals surface area contributed by atoms with Crippen molar-refractivity contribution in [3.05, 3.63) is 22.8 Å². The van der Waals surface area contributed by atoms with Gasteiger partial charge in [-0.3, -0.25) is 4.79 Å². The SMILES string of the molecule is CC.CCC(=CCC(CN(C=O)CC)=C(C)C)CC.CN. The van der Waals surface area contributed by atoms with Gasteiger partial charge in [-0.05, 0) is 52.7 Å². The molecule has 0 bridgehead atoms. The van der Waals surface area contributed by atoms with E-state index < -0.39 is 0 Å². The third-order valence-corrected chi connectivity index (χ3v) is 3.20. The number of amides is 1. The van der Waals surface area contributed by atoms with Crippen molar-refractivity contribution in [2.45, 2.75) is 67.7 Å². The summed E-state index contributed by atoms with van der Waals surface area (Å²) in [6.45, 7) is 16.2. The largest absolute Gasteiger partial charge is 0.342 e. The van der Waals surface area contributed by atoms with Gasteiger partial charge in [0.2, 0.25) is 6.41 Å². The van der Waals surface area contributed by atoms with Gasteiger partial charge in [0.1, 0.15) is 0 Å². The Morgan fingerprint density at radius 1 is 1.05 bits per heavy atom. The van der Waals surface area contributed by atoms with Crippen LogP contribution < -0.4 is 5.73 Å². The summed E-state index contributed by atoms with van der Waals surface area (Å²) in [4.78, 5) is 12.6. The number of allylic oxidation sites excluding steroid dienone is 3. The average molecular weight is 299 g/mol. The molecule has 0 fully saturated rings. The summed E-state index contributed by atoms with van der Waals surface area (Å²) in [7, 11) is 1.50. The summed E-state index contributed by atoms with van der Waals surface area (Å²) < 4.78 is 0. The molecule has 0 aliphatic carbocycles. The van der Waals surface area contributed by atoms with Gasteiger partial charge in [0.05, 0.1) is 0 Å². The Bertz CT molecular complexity index is 284. The fourth-order valence-electron chi connectivity index (χ4n) is 1.70. The van der Waals surface area contributed by atoms with Gasteiger partial charge >= 0.3 is 0 Å². The van der Waals surface area contributed by atoms with Crippen molar-refractivity contribution >= 4 is 6.41 Å². The van der Waals surface area contributed by atoms with Crippen LogP contribution in [0.4, 0.5) is 0 Å². The van der Waals surface area contributed by atoms with E-state index in [0.29, 0.717) is 0 Å². The molecular formula is C18H38N2O. The van der Waals surface area contributed by atoms with Crippen molar-refractivity contribution in [1.29, 1.82) is 0 Å². The Labute approximate surface area is 133 Å². The smallest absolute Gasteiger partial charge is 0.209 e. The van der Waals surface area contributed by atoms with Crippen LogP contribution in [-0.2, 0) is 4.79 Å². The molecule has 0 saturated heterocycles. The topological polar surface area (TPSA) is 46.3 Å². The van der Waals surface area contributed by atoms with E-state index in [1.807, 2.05) is 25.7 Å². The molecule has 0 aliphatic heterocycles. The second-order valence-electron chi connectivity index (χ2n) is 4.55. The minimum Gasteiger partial charge on any atom is -0.342 e. The molecule has 0 aliphatic rings. The van der Waals surface area contributed by atoms with Gasteiger partial charge in [-0.15, -0.1) is 0 Å². The van der Waals surface area contributed by atoms with E-state index in [-0.39, 0.29) is 0 Å². The number of nitrogens with zero attached hydrogens (tertiary/aromatic N) is 1. The third-order valence-electron chi connectivity index (χ3n) is 3.20. The van der Waals surface area contributed by atoms with Crippen LogP contribution in [-0.4, -0.2) is 31.4 Å². The molecule has 0 atom stereocenters. The summed E-state index contributed by atoms with van der Waals surface area (Å²) >= 11 is 0. The highest BCUT2D eigenvalue weighted by molar-refractivity contribution is 5.48. The van der Waals surface area contributed by atoms with E-state index >= 15 is 0 Å². The fourth-order valence-corrected chi connectivity index (χ4v) is 1.70. The van der Waals surface area contributed by atoms with E-state index in [1.54, 1.807) is 0 Å². The van der Waals surface area contributed by atoms with Gasteiger partial charge in [0, 0.05) is 13.1 Å². The van der Waals surface area contributed by atoms with Crippen molar-refractivity contribution in [3.8, 4) is 0 Å². The lowest BCUT2D eigenvalue weighted by Gasteiger charge is -2.18. The van der Waals surface area contributed by atoms with Gasteiger partial charge < -0.3 is 10.6 Å². The zero-order valence-electron chi connectivity index (χ0n) is 15.6. The van der Waals surface area contributed by atoms with Gasteiger partial charge in [-0.1, -0.05) is 44.9 Å². The molecular weight excluding hydrogens is 260 g/mol. The average Bonchev–Trinajstić information content (AvgIpc) is 2.54. The lowest BCUT2D eigenvalue weighted by Crippen LogP contribution is -2.24. The van der Waals surface area contributed by atoms with Crippen molar-refractivity contribution in [2.24, 2.45) is 5.73 Å². The van der Waals surface area contributed by atoms with Crippen LogP contribution in [0.15, 0.2) is 22.8 Å². The Kier molecular flexibility index (Phi) is 22.4. The summed E-state index contributed by atoms with van der Waals surface area (Å²) in [6, 6.07) is 0. The van der Waals surface area contributed by atoms with Crippen molar-refractivity contribution in [2.75, 3.05) is 20.1 Å². The normalized spacial score (nSPS) is 8.43. The molecule has 21 heavy (non-hydrogen) atoms. The van der Waals surface area contributed by atoms with E-state index in [2.05, 4.69) is 39.5 Å². The Balaban J connectivity index is -0.000000739. The number of carbonyl (C=O) groups is 1. The molecule has 0 spiro atoms. The molecule has 1 amide bonds. The minimum absolute atomic E-state index is 0.763. The maximum atomic E-state index is 10.8. The molecule has 3 nitrogen and oxygen atoms in total. The van der Waals surface area contributed by atoms with Gasteiger partial charge in [0.15, 0.2) is 0 Å². The van der Waals surface area contributed by atoms with Crippen LogP contribution in [0.3, 0.4) is 0 Å². The lowest BCUT2D eigenvalue weighted by atomic mass is 10.0. The van der Waals surface area contributed by atoms with E-state index in [4.69, 9.17) is 0 Å². The molecule has 0 aromatic carbocycles. The highest BCUT2D eigenvalue weighted by Gasteiger charge is 2.04. The minimum atomic E-state index is 0.763. The molecule has 126 valence electrons. The summed E-state index contributed by atoms with van der Waals surface area (Å²) in [6.07, 6.45) is 6.48. The zero-order chi connectivity index (χ0) is 17.3. The second-order valence-corrected chi connectivity index (χ2v) is 4.55. The molecule has 0 aromatic rings. The summed E-state index contributed by atoms with van der Waals surface area (Å²) in [5.41, 5.74) is 8.68. The van der Waals surface area contributed by atoms with Crippen molar-refractivity contribution in [1.82, 2.24) is 4.90 Å². The molecule has 2 N–H and O–H groups in total. The Hall–Kier alpha value is -1.09. The van der Waals surface area contributed by atoms with Crippen LogP contribution in [0, 0.1) is 0 Å².